The van der Waals surface area contributed by atoms with Crippen LogP contribution in [0.5, 0.6) is 0 Å². The molecule has 0 aliphatic rings. The summed E-state index contributed by atoms with van der Waals surface area (Å²) in [6.07, 6.45) is 0.460. The van der Waals surface area contributed by atoms with Crippen LogP contribution in [0.3, 0.4) is 0 Å². The molecular weight excluding hydrogens is 240 g/mol. The summed E-state index contributed by atoms with van der Waals surface area (Å²) in [4.78, 5) is 16.9. The normalized spacial score (nSPS) is 10.3. The molecule has 0 atom stereocenters. The minimum Gasteiger partial charge on any atom is -0.349 e. The highest BCUT2D eigenvalue weighted by Crippen LogP contribution is 2.10. The molecule has 2 aromatic heterocycles. The fourth-order valence-electron chi connectivity index (χ4n) is 1.29. The molecule has 0 bridgehead atoms. The van der Waals surface area contributed by atoms with Gasteiger partial charge in [0.05, 0.1) is 13.0 Å². The third-order valence-electron chi connectivity index (χ3n) is 2.02. The number of carbonyl (C=O) groups is 1. The molecule has 0 aliphatic heterocycles. The van der Waals surface area contributed by atoms with E-state index < -0.39 is 0 Å². The van der Waals surface area contributed by atoms with Crippen LogP contribution >= 0.6 is 22.7 Å². The first-order valence-electron chi connectivity index (χ1n) is 4.94. The smallest absolute Gasteiger partial charge is 0.225 e. The minimum absolute atomic E-state index is 0.0512. The van der Waals surface area contributed by atoms with Gasteiger partial charge in [-0.05, 0) is 18.4 Å². The number of thiophene rings is 1. The largest absolute Gasteiger partial charge is 0.349 e. The zero-order valence-electron chi connectivity index (χ0n) is 8.90. The Balaban J connectivity index is 1.80. The number of nitrogens with zero attached hydrogens (tertiary/aromatic N) is 1. The molecule has 1 N–H and O–H groups in total. The lowest BCUT2D eigenvalue weighted by atomic mass is 10.3. The van der Waals surface area contributed by atoms with Gasteiger partial charge in [-0.3, -0.25) is 4.79 Å². The first-order valence-corrected chi connectivity index (χ1v) is 6.70. The van der Waals surface area contributed by atoms with Crippen molar-refractivity contribution in [3.63, 3.8) is 0 Å². The number of amides is 1. The van der Waals surface area contributed by atoms with Crippen molar-refractivity contribution < 1.29 is 4.79 Å². The van der Waals surface area contributed by atoms with E-state index >= 15 is 0 Å². The van der Waals surface area contributed by atoms with Crippen molar-refractivity contribution in [2.75, 3.05) is 0 Å². The lowest BCUT2D eigenvalue weighted by molar-refractivity contribution is -0.120. The Kier molecular flexibility index (Phi) is 3.69. The zero-order valence-corrected chi connectivity index (χ0v) is 10.5. The molecule has 2 heterocycles. The summed E-state index contributed by atoms with van der Waals surface area (Å²) in [7, 11) is 0. The van der Waals surface area contributed by atoms with Crippen LogP contribution in [0.2, 0.25) is 0 Å². The zero-order chi connectivity index (χ0) is 11.4. The topological polar surface area (TPSA) is 42.0 Å². The Bertz CT molecular complexity index is 462. The molecule has 3 nitrogen and oxygen atoms in total. The maximum Gasteiger partial charge on any atom is 0.225 e. The van der Waals surface area contributed by atoms with Gasteiger partial charge in [-0.15, -0.1) is 22.7 Å². The molecule has 0 spiro atoms. The molecule has 0 aromatic carbocycles. The summed E-state index contributed by atoms with van der Waals surface area (Å²) in [6, 6.07) is 3.93. The number of nitrogens with one attached hydrogen (secondary N) is 1. The van der Waals surface area contributed by atoms with E-state index in [1.54, 1.807) is 22.7 Å². The van der Waals surface area contributed by atoms with Crippen molar-refractivity contribution in [1.82, 2.24) is 10.3 Å². The molecule has 0 saturated carbocycles. The Morgan fingerprint density at radius 3 is 3.00 bits per heavy atom. The van der Waals surface area contributed by atoms with Crippen LogP contribution in [0.15, 0.2) is 22.9 Å². The van der Waals surface area contributed by atoms with E-state index in [-0.39, 0.29) is 5.91 Å². The van der Waals surface area contributed by atoms with Gasteiger partial charge < -0.3 is 5.32 Å². The number of hydrogen-bond donors (Lipinski definition) is 1. The monoisotopic (exact) mass is 252 g/mol. The van der Waals surface area contributed by atoms with Crippen LogP contribution in [0.4, 0.5) is 0 Å². The standard InChI is InChI=1S/C11H12N2OS2/c1-8-7-16-11(13-8)6-12-10(14)5-9-3-2-4-15-9/h2-4,7H,5-6H2,1H3,(H,12,14). The molecule has 2 aromatic rings. The molecule has 0 aliphatic carbocycles. The average molecular weight is 252 g/mol. The van der Waals surface area contributed by atoms with Crippen molar-refractivity contribution in [1.29, 1.82) is 0 Å². The predicted molar refractivity (Wildman–Crippen MR) is 66.7 cm³/mol. The molecule has 1 amide bonds. The fraction of sp³-hybridized carbons (Fsp3) is 0.273. The van der Waals surface area contributed by atoms with Gasteiger partial charge in [0.25, 0.3) is 0 Å². The first kappa shape index (κ1) is 11.3. The summed E-state index contributed by atoms with van der Waals surface area (Å²) in [6.45, 7) is 2.48. The number of thiazole rings is 1. The number of carbonyl (C=O) groups excluding carboxylic acids is 1. The second-order valence-electron chi connectivity index (χ2n) is 3.42. The molecule has 2 rings (SSSR count). The molecular formula is C11H12N2OS2. The van der Waals surface area contributed by atoms with Crippen LogP contribution < -0.4 is 5.32 Å². The molecule has 16 heavy (non-hydrogen) atoms. The lowest BCUT2D eigenvalue weighted by Gasteiger charge is -2.01. The van der Waals surface area contributed by atoms with E-state index in [9.17, 15) is 4.79 Å². The molecule has 84 valence electrons. The van der Waals surface area contributed by atoms with Crippen molar-refractivity contribution in [2.45, 2.75) is 19.9 Å². The van der Waals surface area contributed by atoms with E-state index in [4.69, 9.17) is 0 Å². The Hall–Kier alpha value is -1.20. The highest BCUT2D eigenvalue weighted by Gasteiger charge is 2.05. The van der Waals surface area contributed by atoms with Crippen molar-refractivity contribution >= 4 is 28.6 Å². The van der Waals surface area contributed by atoms with Crippen molar-refractivity contribution in [3.8, 4) is 0 Å². The predicted octanol–water partition coefficient (Wildman–Crippen LogP) is 2.37. The summed E-state index contributed by atoms with van der Waals surface area (Å²) in [5.41, 5.74) is 1.01. The van der Waals surface area contributed by atoms with E-state index in [1.165, 1.54) is 0 Å². The second-order valence-corrected chi connectivity index (χ2v) is 5.39. The average Bonchev–Trinajstić information content (AvgIpc) is 2.87. The lowest BCUT2D eigenvalue weighted by Crippen LogP contribution is -2.24. The SMILES string of the molecule is Cc1csc(CNC(=O)Cc2cccs2)n1. The molecule has 0 unspecified atom stereocenters. The number of aryl methyl sites for hydroxylation is 1. The van der Waals surface area contributed by atoms with Gasteiger partial charge in [0.1, 0.15) is 5.01 Å². The maximum absolute atomic E-state index is 11.6. The minimum atomic E-state index is 0.0512. The Morgan fingerprint density at radius 1 is 1.50 bits per heavy atom. The van der Waals surface area contributed by atoms with Crippen LogP contribution in [0.1, 0.15) is 15.6 Å². The summed E-state index contributed by atoms with van der Waals surface area (Å²) in [5.74, 6) is 0.0512. The van der Waals surface area contributed by atoms with Crippen LogP contribution in [0.25, 0.3) is 0 Å². The maximum atomic E-state index is 11.6. The quantitative estimate of drug-likeness (QED) is 0.907. The van der Waals surface area contributed by atoms with Gasteiger partial charge in [0, 0.05) is 16.0 Å². The van der Waals surface area contributed by atoms with Crippen LogP contribution in [-0.4, -0.2) is 10.9 Å². The van der Waals surface area contributed by atoms with Crippen molar-refractivity contribution in [2.24, 2.45) is 0 Å². The Labute approximate surface area is 102 Å². The molecule has 0 fully saturated rings. The second kappa shape index (κ2) is 5.23. The van der Waals surface area contributed by atoms with Gasteiger partial charge in [-0.1, -0.05) is 6.07 Å². The third-order valence-corrected chi connectivity index (χ3v) is 3.86. The van der Waals surface area contributed by atoms with E-state index in [0.717, 1.165) is 15.6 Å². The Morgan fingerprint density at radius 2 is 2.38 bits per heavy atom. The van der Waals surface area contributed by atoms with Gasteiger partial charge in [0.2, 0.25) is 5.91 Å². The summed E-state index contributed by atoms with van der Waals surface area (Å²) in [5, 5.41) is 7.79. The van der Waals surface area contributed by atoms with E-state index in [2.05, 4.69) is 10.3 Å². The number of aromatic nitrogens is 1. The molecule has 0 radical (unpaired) electrons. The van der Waals surface area contributed by atoms with Gasteiger partial charge in [-0.2, -0.15) is 0 Å². The highest BCUT2D eigenvalue weighted by atomic mass is 32.1. The van der Waals surface area contributed by atoms with Gasteiger partial charge in [0.15, 0.2) is 0 Å². The number of hydrogen-bond acceptors (Lipinski definition) is 4. The fourth-order valence-corrected chi connectivity index (χ4v) is 2.71. The summed E-state index contributed by atoms with van der Waals surface area (Å²) < 4.78 is 0. The third kappa shape index (κ3) is 3.15. The highest BCUT2D eigenvalue weighted by molar-refractivity contribution is 7.10. The van der Waals surface area contributed by atoms with Crippen LogP contribution in [-0.2, 0) is 17.8 Å². The number of rotatable bonds is 4. The first-order chi connectivity index (χ1) is 7.74. The van der Waals surface area contributed by atoms with E-state index in [0.29, 0.717) is 13.0 Å². The summed E-state index contributed by atoms with van der Waals surface area (Å²) >= 11 is 3.18. The van der Waals surface area contributed by atoms with Crippen LogP contribution in [0, 0.1) is 6.92 Å². The molecule has 0 saturated heterocycles. The van der Waals surface area contributed by atoms with Crippen molar-refractivity contribution in [3.05, 3.63) is 38.5 Å². The van der Waals surface area contributed by atoms with Gasteiger partial charge in [-0.25, -0.2) is 4.98 Å². The molecule has 5 heteroatoms. The van der Waals surface area contributed by atoms with E-state index in [1.807, 2.05) is 29.8 Å². The van der Waals surface area contributed by atoms with Gasteiger partial charge >= 0.3 is 0 Å².